The predicted octanol–water partition coefficient (Wildman–Crippen LogP) is 4.16. The molecule has 0 saturated carbocycles. The Morgan fingerprint density at radius 3 is 1.94 bits per heavy atom. The van der Waals surface area contributed by atoms with E-state index in [4.69, 9.17) is 5.26 Å². The highest BCUT2D eigenvalue weighted by Gasteiger charge is 2.39. The van der Waals surface area contributed by atoms with Crippen LogP contribution in [-0.2, 0) is 18.8 Å². The van der Waals surface area contributed by atoms with E-state index in [9.17, 15) is 26.3 Å². The molecule has 0 unspecified atom stereocenters. The fourth-order valence-corrected chi connectivity index (χ4v) is 1.57. The number of nitriles is 1. The molecule has 1 nitrogen and oxygen atoms in total. The predicted molar refractivity (Wildman–Crippen MR) is 50.5 cm³/mol. The van der Waals surface area contributed by atoms with Crippen molar-refractivity contribution in [2.75, 3.05) is 0 Å². The van der Waals surface area contributed by atoms with Gasteiger partial charge in [-0.05, 0) is 24.1 Å². The maximum Gasteiger partial charge on any atom is 0.417 e. The van der Waals surface area contributed by atoms with Gasteiger partial charge in [0.25, 0.3) is 0 Å². The molecule has 0 aliphatic carbocycles. The summed E-state index contributed by atoms with van der Waals surface area (Å²) in [6.45, 7) is 1.30. The summed E-state index contributed by atoms with van der Waals surface area (Å²) < 4.78 is 75.4. The number of benzene rings is 1. The van der Waals surface area contributed by atoms with Gasteiger partial charge >= 0.3 is 12.4 Å². The van der Waals surface area contributed by atoms with Crippen molar-refractivity contribution >= 4 is 0 Å². The summed E-state index contributed by atoms with van der Waals surface area (Å²) in [6.07, 6.45) is -9.87. The smallest absolute Gasteiger partial charge is 0.192 e. The Morgan fingerprint density at radius 1 is 1.06 bits per heavy atom. The minimum absolute atomic E-state index is 0.224. The molecule has 0 N–H and O–H groups in total. The molecular formula is C11H7F6N. The van der Waals surface area contributed by atoms with Crippen LogP contribution in [0.15, 0.2) is 12.1 Å². The summed E-state index contributed by atoms with van der Waals surface area (Å²) in [5, 5.41) is 8.57. The largest absolute Gasteiger partial charge is 0.417 e. The molecule has 0 aromatic heterocycles. The molecule has 0 spiro atoms. The van der Waals surface area contributed by atoms with Gasteiger partial charge in [-0.1, -0.05) is 6.92 Å². The minimum Gasteiger partial charge on any atom is -0.192 e. The van der Waals surface area contributed by atoms with E-state index >= 15 is 0 Å². The van der Waals surface area contributed by atoms with Crippen molar-refractivity contribution in [2.45, 2.75) is 25.7 Å². The highest BCUT2D eigenvalue weighted by molar-refractivity contribution is 5.48. The van der Waals surface area contributed by atoms with Crippen LogP contribution in [0.3, 0.4) is 0 Å². The van der Waals surface area contributed by atoms with Crippen molar-refractivity contribution in [2.24, 2.45) is 0 Å². The fraction of sp³-hybridized carbons (Fsp3) is 0.364. The first kappa shape index (κ1) is 14.4. The Hall–Kier alpha value is -1.71. The molecule has 0 aliphatic rings. The van der Waals surface area contributed by atoms with E-state index in [1.54, 1.807) is 0 Å². The van der Waals surface area contributed by atoms with Crippen LogP contribution in [0.2, 0.25) is 0 Å². The van der Waals surface area contributed by atoms with Crippen molar-refractivity contribution in [3.05, 3.63) is 34.4 Å². The number of rotatable bonds is 1. The Bertz CT molecular complexity index is 492. The molecule has 98 valence electrons. The summed E-state index contributed by atoms with van der Waals surface area (Å²) in [5.41, 5.74) is -4.08. The van der Waals surface area contributed by atoms with Gasteiger partial charge in [-0.3, -0.25) is 0 Å². The molecule has 0 fully saturated rings. The average Bonchev–Trinajstić information content (AvgIpc) is 2.24. The number of alkyl halides is 6. The molecule has 7 heteroatoms. The van der Waals surface area contributed by atoms with Crippen LogP contribution in [0.1, 0.15) is 29.2 Å². The summed E-state index contributed by atoms with van der Waals surface area (Å²) in [5.74, 6) is 0. The zero-order valence-electron chi connectivity index (χ0n) is 9.08. The number of hydrogen-bond acceptors (Lipinski definition) is 1. The monoisotopic (exact) mass is 267 g/mol. The van der Waals surface area contributed by atoms with Crippen molar-refractivity contribution in [3.63, 3.8) is 0 Å². The Labute approximate surface area is 98.6 Å². The van der Waals surface area contributed by atoms with Crippen LogP contribution < -0.4 is 0 Å². The van der Waals surface area contributed by atoms with Gasteiger partial charge in [0.15, 0.2) is 0 Å². The van der Waals surface area contributed by atoms with Gasteiger partial charge < -0.3 is 0 Å². The molecule has 0 atom stereocenters. The lowest BCUT2D eigenvalue weighted by atomic mass is 9.96. The third-order valence-electron chi connectivity index (χ3n) is 2.33. The molecule has 0 aliphatic heterocycles. The molecular weight excluding hydrogens is 260 g/mol. The van der Waals surface area contributed by atoms with E-state index in [0.29, 0.717) is 6.07 Å². The van der Waals surface area contributed by atoms with Gasteiger partial charge in [-0.2, -0.15) is 31.6 Å². The second kappa shape index (κ2) is 4.52. The van der Waals surface area contributed by atoms with Gasteiger partial charge in [0.1, 0.15) is 0 Å². The van der Waals surface area contributed by atoms with E-state index in [1.807, 2.05) is 0 Å². The van der Waals surface area contributed by atoms with E-state index in [-0.39, 0.29) is 12.5 Å². The zero-order chi connectivity index (χ0) is 14.1. The molecule has 0 bridgehead atoms. The standard InChI is InChI=1S/C11H7F6N/c1-2-6-3-8(10(12,13)14)4-7(5-18)9(6)11(15,16)17/h3-4H,2H2,1H3. The third-order valence-corrected chi connectivity index (χ3v) is 2.33. The van der Waals surface area contributed by atoms with Gasteiger partial charge in [0.05, 0.1) is 22.8 Å². The first-order valence-electron chi connectivity index (χ1n) is 4.82. The number of aryl methyl sites for hydroxylation is 1. The van der Waals surface area contributed by atoms with Crippen molar-refractivity contribution < 1.29 is 26.3 Å². The normalized spacial score (nSPS) is 12.3. The molecule has 18 heavy (non-hydrogen) atoms. The Kier molecular flexibility index (Phi) is 3.60. The molecule has 0 saturated heterocycles. The van der Waals surface area contributed by atoms with Crippen LogP contribution in [0.5, 0.6) is 0 Å². The second-order valence-corrected chi connectivity index (χ2v) is 3.52. The van der Waals surface area contributed by atoms with E-state index in [1.165, 1.54) is 13.0 Å². The molecule has 0 radical (unpaired) electrons. The highest BCUT2D eigenvalue weighted by Crippen LogP contribution is 2.39. The van der Waals surface area contributed by atoms with Gasteiger partial charge in [0, 0.05) is 0 Å². The first-order valence-corrected chi connectivity index (χ1v) is 4.82. The lowest BCUT2D eigenvalue weighted by Gasteiger charge is -2.16. The van der Waals surface area contributed by atoms with E-state index in [0.717, 1.165) is 0 Å². The fourth-order valence-electron chi connectivity index (χ4n) is 1.57. The average molecular weight is 267 g/mol. The van der Waals surface area contributed by atoms with E-state index in [2.05, 4.69) is 0 Å². The van der Waals surface area contributed by atoms with E-state index < -0.39 is 34.6 Å². The minimum atomic E-state index is -4.85. The maximum absolute atomic E-state index is 12.7. The summed E-state index contributed by atoms with van der Waals surface area (Å²) >= 11 is 0. The van der Waals surface area contributed by atoms with Crippen LogP contribution in [0.25, 0.3) is 0 Å². The Morgan fingerprint density at radius 2 is 1.61 bits per heavy atom. The Balaban J connectivity index is 3.62. The topological polar surface area (TPSA) is 23.8 Å². The number of hydrogen-bond donors (Lipinski definition) is 0. The second-order valence-electron chi connectivity index (χ2n) is 3.52. The van der Waals surface area contributed by atoms with Crippen molar-refractivity contribution in [1.82, 2.24) is 0 Å². The SMILES string of the molecule is CCc1cc(C(F)(F)F)cc(C#N)c1C(F)(F)F. The molecule has 0 amide bonds. The lowest BCUT2D eigenvalue weighted by Crippen LogP contribution is -2.15. The molecule has 1 rings (SSSR count). The summed E-state index contributed by atoms with van der Waals surface area (Å²) in [7, 11) is 0. The summed E-state index contributed by atoms with van der Waals surface area (Å²) in [6, 6.07) is 1.83. The highest BCUT2D eigenvalue weighted by atomic mass is 19.4. The van der Waals surface area contributed by atoms with Crippen molar-refractivity contribution in [3.8, 4) is 6.07 Å². The quantitative estimate of drug-likeness (QED) is 0.701. The number of halogens is 6. The van der Waals surface area contributed by atoms with Gasteiger partial charge in [-0.15, -0.1) is 0 Å². The van der Waals surface area contributed by atoms with Gasteiger partial charge in [0.2, 0.25) is 0 Å². The third kappa shape index (κ3) is 2.75. The van der Waals surface area contributed by atoms with Crippen LogP contribution in [0, 0.1) is 11.3 Å². The van der Waals surface area contributed by atoms with Crippen LogP contribution in [0.4, 0.5) is 26.3 Å². The summed E-state index contributed by atoms with van der Waals surface area (Å²) in [4.78, 5) is 0. The van der Waals surface area contributed by atoms with Crippen LogP contribution in [-0.4, -0.2) is 0 Å². The number of nitrogens with zero attached hydrogens (tertiary/aromatic N) is 1. The molecule has 1 aromatic rings. The maximum atomic E-state index is 12.7. The molecule has 0 heterocycles. The first-order chi connectivity index (χ1) is 8.11. The van der Waals surface area contributed by atoms with Gasteiger partial charge in [-0.25, -0.2) is 0 Å². The van der Waals surface area contributed by atoms with Crippen molar-refractivity contribution in [1.29, 1.82) is 5.26 Å². The lowest BCUT2D eigenvalue weighted by molar-refractivity contribution is -0.142. The van der Waals surface area contributed by atoms with Crippen LogP contribution >= 0.6 is 0 Å². The molecule has 1 aromatic carbocycles. The zero-order valence-corrected chi connectivity index (χ0v) is 9.08.